The number of amides is 2. The Bertz CT molecular complexity index is 905. The van der Waals surface area contributed by atoms with Crippen molar-refractivity contribution < 1.29 is 19.1 Å². The van der Waals surface area contributed by atoms with Gasteiger partial charge in [-0.2, -0.15) is 0 Å². The summed E-state index contributed by atoms with van der Waals surface area (Å²) in [5.41, 5.74) is 1.46. The van der Waals surface area contributed by atoms with Crippen molar-refractivity contribution in [2.24, 2.45) is 0 Å². The monoisotopic (exact) mass is 438 g/mol. The minimum absolute atomic E-state index is 0.0166. The van der Waals surface area contributed by atoms with Crippen LogP contribution in [-0.2, 0) is 10.2 Å². The minimum atomic E-state index is -0.197. The number of likely N-dealkylation sites (tertiary alicyclic amines) is 1. The van der Waals surface area contributed by atoms with Crippen LogP contribution in [0.15, 0.2) is 48.5 Å². The van der Waals surface area contributed by atoms with Gasteiger partial charge in [0.15, 0.2) is 18.1 Å². The summed E-state index contributed by atoms with van der Waals surface area (Å²) in [6.07, 6.45) is 3.26. The van der Waals surface area contributed by atoms with E-state index in [2.05, 4.69) is 31.3 Å². The molecule has 0 aromatic heterocycles. The molecule has 2 aromatic rings. The Morgan fingerprint density at radius 2 is 1.69 bits per heavy atom. The van der Waals surface area contributed by atoms with Gasteiger partial charge in [-0.05, 0) is 49.9 Å². The van der Waals surface area contributed by atoms with Gasteiger partial charge >= 0.3 is 0 Å². The standard InChI is InChI=1S/C26H34N2O4/c1-4-31-23-17-20(25(30)27-19-26(2,3)21-11-7-5-8-12-21)13-14-22(23)32-18-24(29)28-15-9-6-10-16-28/h5,7-8,11-14,17H,4,6,9-10,15-16,18-19H2,1-3H3,(H,27,30). The molecule has 2 amide bonds. The molecule has 6 heteroatoms. The fourth-order valence-electron chi connectivity index (χ4n) is 3.81. The predicted molar refractivity (Wildman–Crippen MR) is 125 cm³/mol. The van der Waals surface area contributed by atoms with Gasteiger partial charge < -0.3 is 19.7 Å². The Hall–Kier alpha value is -3.02. The van der Waals surface area contributed by atoms with Crippen LogP contribution in [0.4, 0.5) is 0 Å². The summed E-state index contributed by atoms with van der Waals surface area (Å²) in [7, 11) is 0. The molecule has 1 aliphatic rings. The van der Waals surface area contributed by atoms with Gasteiger partial charge in [0.25, 0.3) is 11.8 Å². The molecule has 32 heavy (non-hydrogen) atoms. The molecule has 0 aliphatic carbocycles. The van der Waals surface area contributed by atoms with E-state index in [0.717, 1.165) is 31.5 Å². The maximum atomic E-state index is 12.8. The molecule has 2 aromatic carbocycles. The first kappa shape index (κ1) is 23.6. The van der Waals surface area contributed by atoms with Crippen molar-refractivity contribution >= 4 is 11.8 Å². The minimum Gasteiger partial charge on any atom is -0.490 e. The predicted octanol–water partition coefficient (Wildman–Crippen LogP) is 4.18. The number of carbonyl (C=O) groups excluding carboxylic acids is 2. The van der Waals surface area contributed by atoms with Crippen molar-refractivity contribution in [3.63, 3.8) is 0 Å². The van der Waals surface area contributed by atoms with Gasteiger partial charge in [-0.25, -0.2) is 0 Å². The van der Waals surface area contributed by atoms with Gasteiger partial charge in [-0.15, -0.1) is 0 Å². The maximum Gasteiger partial charge on any atom is 0.260 e. The van der Waals surface area contributed by atoms with E-state index in [-0.39, 0.29) is 23.8 Å². The smallest absolute Gasteiger partial charge is 0.260 e. The summed E-state index contributed by atoms with van der Waals surface area (Å²) in [5.74, 6) is 0.746. The van der Waals surface area contributed by atoms with Gasteiger partial charge in [0.2, 0.25) is 0 Å². The number of hydrogen-bond donors (Lipinski definition) is 1. The first-order valence-corrected chi connectivity index (χ1v) is 11.4. The van der Waals surface area contributed by atoms with Crippen LogP contribution in [0.5, 0.6) is 11.5 Å². The number of nitrogens with one attached hydrogen (secondary N) is 1. The largest absolute Gasteiger partial charge is 0.490 e. The lowest BCUT2D eigenvalue weighted by molar-refractivity contribution is -0.134. The Morgan fingerprint density at radius 3 is 2.38 bits per heavy atom. The summed E-state index contributed by atoms with van der Waals surface area (Å²) in [6.45, 7) is 8.56. The molecule has 0 atom stereocenters. The molecule has 6 nitrogen and oxygen atoms in total. The molecular weight excluding hydrogens is 404 g/mol. The molecule has 1 aliphatic heterocycles. The molecule has 1 fully saturated rings. The summed E-state index contributed by atoms with van der Waals surface area (Å²) in [6, 6.07) is 15.2. The van der Waals surface area contributed by atoms with E-state index >= 15 is 0 Å². The number of piperidine rings is 1. The third-order valence-corrected chi connectivity index (χ3v) is 5.81. The second-order valence-electron chi connectivity index (χ2n) is 8.76. The number of hydrogen-bond acceptors (Lipinski definition) is 4. The highest BCUT2D eigenvalue weighted by molar-refractivity contribution is 5.95. The molecular formula is C26H34N2O4. The first-order chi connectivity index (χ1) is 15.4. The van der Waals surface area contributed by atoms with Gasteiger partial charge in [0, 0.05) is 30.6 Å². The number of nitrogens with zero attached hydrogens (tertiary/aromatic N) is 1. The summed E-state index contributed by atoms with van der Waals surface area (Å²) in [5, 5.41) is 3.02. The lowest BCUT2D eigenvalue weighted by atomic mass is 9.84. The fourth-order valence-corrected chi connectivity index (χ4v) is 3.81. The molecule has 0 unspecified atom stereocenters. The Labute approximate surface area is 190 Å². The number of rotatable bonds is 9. The van der Waals surface area contributed by atoms with Crippen LogP contribution in [0, 0.1) is 0 Å². The van der Waals surface area contributed by atoms with Crippen molar-refractivity contribution in [2.45, 2.75) is 45.4 Å². The van der Waals surface area contributed by atoms with Crippen LogP contribution in [-0.4, -0.2) is 49.6 Å². The molecule has 1 saturated heterocycles. The highest BCUT2D eigenvalue weighted by Crippen LogP contribution is 2.29. The van der Waals surface area contributed by atoms with Gasteiger partial charge in [-0.3, -0.25) is 9.59 Å². The lowest BCUT2D eigenvalue weighted by Gasteiger charge is -2.26. The molecule has 172 valence electrons. The van der Waals surface area contributed by atoms with E-state index in [0.29, 0.717) is 30.2 Å². The Kier molecular flexibility index (Phi) is 8.14. The molecule has 1 heterocycles. The van der Waals surface area contributed by atoms with Crippen molar-refractivity contribution in [1.29, 1.82) is 0 Å². The normalized spacial score (nSPS) is 14.0. The van der Waals surface area contributed by atoms with Crippen LogP contribution in [0.3, 0.4) is 0 Å². The zero-order valence-corrected chi connectivity index (χ0v) is 19.4. The number of benzene rings is 2. The molecule has 0 radical (unpaired) electrons. The quantitative estimate of drug-likeness (QED) is 0.638. The van der Waals surface area contributed by atoms with Crippen molar-refractivity contribution in [2.75, 3.05) is 32.8 Å². The van der Waals surface area contributed by atoms with Crippen LogP contribution in [0.1, 0.15) is 56.0 Å². The van der Waals surface area contributed by atoms with E-state index in [4.69, 9.17) is 9.47 Å². The Balaban J connectivity index is 1.62. The zero-order valence-electron chi connectivity index (χ0n) is 19.4. The fraction of sp³-hybridized carbons (Fsp3) is 0.462. The SMILES string of the molecule is CCOc1cc(C(=O)NCC(C)(C)c2ccccc2)ccc1OCC(=O)N1CCCCC1. The summed E-state index contributed by atoms with van der Waals surface area (Å²) >= 11 is 0. The maximum absolute atomic E-state index is 12.8. The number of ether oxygens (including phenoxy) is 2. The van der Waals surface area contributed by atoms with Gasteiger partial charge in [0.1, 0.15) is 0 Å². The van der Waals surface area contributed by atoms with Crippen molar-refractivity contribution in [3.8, 4) is 11.5 Å². The molecule has 0 saturated carbocycles. The van der Waals surface area contributed by atoms with E-state index in [1.807, 2.05) is 30.0 Å². The van der Waals surface area contributed by atoms with Crippen molar-refractivity contribution in [3.05, 3.63) is 59.7 Å². The Morgan fingerprint density at radius 1 is 0.969 bits per heavy atom. The number of carbonyl (C=O) groups is 2. The molecule has 3 rings (SSSR count). The van der Waals surface area contributed by atoms with E-state index < -0.39 is 0 Å². The van der Waals surface area contributed by atoms with E-state index in [1.54, 1.807) is 18.2 Å². The average molecular weight is 439 g/mol. The lowest BCUT2D eigenvalue weighted by Crippen LogP contribution is -2.38. The van der Waals surface area contributed by atoms with E-state index in [1.165, 1.54) is 6.42 Å². The second-order valence-corrected chi connectivity index (χ2v) is 8.76. The average Bonchev–Trinajstić information content (AvgIpc) is 2.83. The topological polar surface area (TPSA) is 67.9 Å². The summed E-state index contributed by atoms with van der Waals surface area (Å²) in [4.78, 5) is 27.1. The highest BCUT2D eigenvalue weighted by Gasteiger charge is 2.22. The van der Waals surface area contributed by atoms with Gasteiger partial charge in [-0.1, -0.05) is 44.2 Å². The van der Waals surface area contributed by atoms with Crippen molar-refractivity contribution in [1.82, 2.24) is 10.2 Å². The molecule has 1 N–H and O–H groups in total. The van der Waals surface area contributed by atoms with Crippen LogP contribution in [0.25, 0.3) is 0 Å². The molecule has 0 spiro atoms. The third-order valence-electron chi connectivity index (χ3n) is 5.81. The van der Waals surface area contributed by atoms with Crippen LogP contribution < -0.4 is 14.8 Å². The van der Waals surface area contributed by atoms with Crippen LogP contribution in [0.2, 0.25) is 0 Å². The van der Waals surface area contributed by atoms with Gasteiger partial charge in [0.05, 0.1) is 6.61 Å². The highest BCUT2D eigenvalue weighted by atomic mass is 16.5. The zero-order chi connectivity index (χ0) is 23.0. The van der Waals surface area contributed by atoms with E-state index in [9.17, 15) is 9.59 Å². The second kappa shape index (κ2) is 11.0. The summed E-state index contributed by atoms with van der Waals surface area (Å²) < 4.78 is 11.5. The van der Waals surface area contributed by atoms with Crippen LogP contribution >= 0.6 is 0 Å². The third kappa shape index (κ3) is 6.25. The first-order valence-electron chi connectivity index (χ1n) is 11.4. The molecule has 0 bridgehead atoms.